The molecule has 0 fully saturated rings. The molecule has 0 radical (unpaired) electrons. The van der Waals surface area contributed by atoms with Gasteiger partial charge in [-0.05, 0) is 19.3 Å². The van der Waals surface area contributed by atoms with Crippen LogP contribution in [0.1, 0.15) is 29.5 Å². The van der Waals surface area contributed by atoms with Gasteiger partial charge in [-0.25, -0.2) is 13.8 Å². The van der Waals surface area contributed by atoms with E-state index in [4.69, 9.17) is 0 Å². The van der Waals surface area contributed by atoms with Gasteiger partial charge in [0.2, 0.25) is 0 Å². The van der Waals surface area contributed by atoms with Crippen molar-refractivity contribution in [1.82, 2.24) is 4.98 Å². The lowest BCUT2D eigenvalue weighted by Crippen LogP contribution is -2.23. The van der Waals surface area contributed by atoms with Crippen LogP contribution >= 0.6 is 11.3 Å². The predicted molar refractivity (Wildman–Crippen MR) is 59.3 cm³/mol. The van der Waals surface area contributed by atoms with Gasteiger partial charge < -0.3 is 10.0 Å². The number of aliphatic hydroxyl groups is 1. The van der Waals surface area contributed by atoms with Crippen molar-refractivity contribution < 1.29 is 13.9 Å². The van der Waals surface area contributed by atoms with Crippen LogP contribution in [-0.2, 0) is 6.42 Å². The van der Waals surface area contributed by atoms with Gasteiger partial charge in [0.1, 0.15) is 0 Å². The average molecular weight is 248 g/mol. The Bertz CT molecular complexity index is 370. The molecule has 1 N–H and O–H groups in total. The van der Waals surface area contributed by atoms with Crippen LogP contribution in [0.5, 0.6) is 0 Å². The third-order valence-electron chi connectivity index (χ3n) is 2.65. The number of halogens is 2. The van der Waals surface area contributed by atoms with Crippen molar-refractivity contribution in [3.63, 3.8) is 0 Å². The number of aryl methyl sites for hydroxylation is 1. The molecule has 2 rings (SSSR count). The monoisotopic (exact) mass is 248 g/mol. The summed E-state index contributed by atoms with van der Waals surface area (Å²) in [5, 5.41) is 10.3. The number of hydrogen-bond acceptors (Lipinski definition) is 4. The van der Waals surface area contributed by atoms with Crippen LogP contribution in [0.25, 0.3) is 0 Å². The van der Waals surface area contributed by atoms with E-state index in [1.807, 2.05) is 0 Å². The Balaban J connectivity index is 2.17. The van der Waals surface area contributed by atoms with Crippen LogP contribution in [0.2, 0.25) is 0 Å². The minimum Gasteiger partial charge on any atom is -0.388 e. The molecule has 1 aromatic heterocycles. The predicted octanol–water partition coefficient (Wildman–Crippen LogP) is 2.21. The molecule has 1 heterocycles. The maximum Gasteiger partial charge on any atom is 0.255 e. The van der Waals surface area contributed by atoms with E-state index in [0.717, 1.165) is 29.8 Å². The highest BCUT2D eigenvalue weighted by atomic mass is 32.1. The summed E-state index contributed by atoms with van der Waals surface area (Å²) >= 11 is 1.32. The molecule has 1 aliphatic rings. The fourth-order valence-electron chi connectivity index (χ4n) is 1.83. The Morgan fingerprint density at radius 1 is 1.62 bits per heavy atom. The SMILES string of the molecule is CN(CC(F)F)c1nc2c(s1)C(O)CCC2. The van der Waals surface area contributed by atoms with Crippen LogP contribution in [0.3, 0.4) is 0 Å². The van der Waals surface area contributed by atoms with Crippen molar-refractivity contribution in [3.05, 3.63) is 10.6 Å². The first-order valence-electron chi connectivity index (χ1n) is 5.25. The molecule has 0 bridgehead atoms. The number of hydrogen-bond donors (Lipinski definition) is 1. The molecule has 0 amide bonds. The average Bonchev–Trinajstić information content (AvgIpc) is 2.61. The van der Waals surface area contributed by atoms with Gasteiger partial charge in [-0.3, -0.25) is 0 Å². The van der Waals surface area contributed by atoms with Gasteiger partial charge in [0.05, 0.1) is 23.2 Å². The Kier molecular flexibility index (Phi) is 3.39. The molecule has 0 saturated heterocycles. The third kappa shape index (κ3) is 2.32. The van der Waals surface area contributed by atoms with Crippen LogP contribution in [0.4, 0.5) is 13.9 Å². The number of thiazole rings is 1. The van der Waals surface area contributed by atoms with Crippen LogP contribution < -0.4 is 4.90 Å². The van der Waals surface area contributed by atoms with E-state index in [1.165, 1.54) is 16.2 Å². The summed E-state index contributed by atoms with van der Waals surface area (Å²) in [6.07, 6.45) is -0.333. The number of rotatable bonds is 3. The van der Waals surface area contributed by atoms with E-state index in [0.29, 0.717) is 5.13 Å². The van der Waals surface area contributed by atoms with E-state index >= 15 is 0 Å². The topological polar surface area (TPSA) is 36.4 Å². The van der Waals surface area contributed by atoms with Crippen molar-refractivity contribution in [2.75, 3.05) is 18.5 Å². The summed E-state index contributed by atoms with van der Waals surface area (Å²) in [4.78, 5) is 6.60. The zero-order valence-electron chi connectivity index (χ0n) is 8.99. The number of aromatic nitrogens is 1. The van der Waals surface area contributed by atoms with Gasteiger partial charge in [-0.1, -0.05) is 11.3 Å². The molecule has 3 nitrogen and oxygen atoms in total. The van der Waals surface area contributed by atoms with E-state index in [1.54, 1.807) is 7.05 Å². The van der Waals surface area contributed by atoms with E-state index in [-0.39, 0.29) is 6.54 Å². The first kappa shape index (κ1) is 11.7. The summed E-state index contributed by atoms with van der Waals surface area (Å²) < 4.78 is 24.4. The molecular formula is C10H14F2N2OS. The fourth-order valence-corrected chi connectivity index (χ4v) is 2.93. The normalized spacial score (nSPS) is 19.9. The van der Waals surface area contributed by atoms with Gasteiger partial charge in [-0.15, -0.1) is 0 Å². The lowest BCUT2D eigenvalue weighted by atomic mass is 10.0. The fraction of sp³-hybridized carbons (Fsp3) is 0.700. The molecule has 16 heavy (non-hydrogen) atoms. The van der Waals surface area contributed by atoms with Crippen molar-refractivity contribution in [2.24, 2.45) is 0 Å². The van der Waals surface area contributed by atoms with Crippen LogP contribution in [0.15, 0.2) is 0 Å². The molecule has 0 spiro atoms. The van der Waals surface area contributed by atoms with Gasteiger partial charge in [-0.2, -0.15) is 0 Å². The molecule has 1 aromatic rings. The van der Waals surface area contributed by atoms with Crippen molar-refractivity contribution >= 4 is 16.5 Å². The zero-order valence-corrected chi connectivity index (χ0v) is 9.81. The summed E-state index contributed by atoms with van der Waals surface area (Å²) in [6.45, 7) is -0.317. The molecule has 0 aliphatic heterocycles. The molecule has 0 saturated carbocycles. The summed E-state index contributed by atoms with van der Waals surface area (Å²) in [5.74, 6) is 0. The van der Waals surface area contributed by atoms with Crippen LogP contribution in [0, 0.1) is 0 Å². The first-order chi connectivity index (χ1) is 7.58. The summed E-state index contributed by atoms with van der Waals surface area (Å²) in [7, 11) is 1.60. The molecule has 6 heteroatoms. The van der Waals surface area contributed by atoms with Gasteiger partial charge >= 0.3 is 0 Å². The summed E-state index contributed by atoms with van der Waals surface area (Å²) in [6, 6.07) is 0. The second-order valence-electron chi connectivity index (χ2n) is 3.99. The number of fused-ring (bicyclic) bond motifs is 1. The second kappa shape index (κ2) is 4.63. The molecule has 1 atom stereocenters. The van der Waals surface area contributed by atoms with Gasteiger partial charge in [0, 0.05) is 7.05 Å². The van der Waals surface area contributed by atoms with Crippen molar-refractivity contribution in [3.8, 4) is 0 Å². The highest BCUT2D eigenvalue weighted by molar-refractivity contribution is 7.15. The summed E-state index contributed by atoms with van der Waals surface area (Å²) in [5.41, 5.74) is 0.875. The van der Waals surface area contributed by atoms with E-state index in [2.05, 4.69) is 4.98 Å². The Morgan fingerprint density at radius 3 is 3.00 bits per heavy atom. The highest BCUT2D eigenvalue weighted by Crippen LogP contribution is 2.37. The lowest BCUT2D eigenvalue weighted by molar-refractivity contribution is 0.156. The largest absolute Gasteiger partial charge is 0.388 e. The highest BCUT2D eigenvalue weighted by Gasteiger charge is 2.24. The molecule has 0 aromatic carbocycles. The minimum absolute atomic E-state index is 0.317. The zero-order chi connectivity index (χ0) is 11.7. The Hall–Kier alpha value is -0.750. The molecule has 1 aliphatic carbocycles. The second-order valence-corrected chi connectivity index (χ2v) is 5.00. The van der Waals surface area contributed by atoms with Crippen molar-refractivity contribution in [2.45, 2.75) is 31.8 Å². The van der Waals surface area contributed by atoms with Crippen LogP contribution in [-0.4, -0.2) is 30.1 Å². The number of nitrogens with zero attached hydrogens (tertiary/aromatic N) is 2. The maximum atomic E-state index is 12.2. The third-order valence-corrected chi connectivity index (χ3v) is 3.96. The quantitative estimate of drug-likeness (QED) is 0.891. The lowest BCUT2D eigenvalue weighted by Gasteiger charge is -2.14. The van der Waals surface area contributed by atoms with Gasteiger partial charge in [0.15, 0.2) is 5.13 Å². The minimum atomic E-state index is -2.36. The standard InChI is InChI=1S/C10H14F2N2OS/c1-14(5-8(11)12)10-13-6-3-2-4-7(15)9(6)16-10/h7-8,15H,2-5H2,1H3. The van der Waals surface area contributed by atoms with E-state index < -0.39 is 12.5 Å². The number of aliphatic hydroxyl groups excluding tert-OH is 1. The Morgan fingerprint density at radius 2 is 2.38 bits per heavy atom. The molecule has 1 unspecified atom stereocenters. The number of alkyl halides is 2. The van der Waals surface area contributed by atoms with E-state index in [9.17, 15) is 13.9 Å². The maximum absolute atomic E-state index is 12.2. The smallest absolute Gasteiger partial charge is 0.255 e. The van der Waals surface area contributed by atoms with Gasteiger partial charge in [0.25, 0.3) is 6.43 Å². The van der Waals surface area contributed by atoms with Crippen molar-refractivity contribution in [1.29, 1.82) is 0 Å². The molecule has 90 valence electrons. The Labute approximate surface area is 96.7 Å². The molecular weight excluding hydrogens is 234 g/mol. The number of anilines is 1. The first-order valence-corrected chi connectivity index (χ1v) is 6.06.